The van der Waals surface area contributed by atoms with Gasteiger partial charge in [-0.3, -0.25) is 0 Å². The first-order valence-corrected chi connectivity index (χ1v) is 3.76. The molecule has 0 spiro atoms. The molecule has 2 aliphatic rings. The van der Waals surface area contributed by atoms with Gasteiger partial charge in [0.2, 0.25) is 0 Å². The van der Waals surface area contributed by atoms with E-state index in [0.717, 1.165) is 5.92 Å². The van der Waals surface area contributed by atoms with Crippen LogP contribution in [0.2, 0.25) is 0 Å². The maximum Gasteiger partial charge on any atom is 0.0844 e. The minimum absolute atomic E-state index is 0.626. The third-order valence-corrected chi connectivity index (χ3v) is 2.56. The monoisotopic (exact) mass is 125 g/mol. The Morgan fingerprint density at radius 3 is 2.33 bits per heavy atom. The standard InChI is InChI=1S/C8H13O/c1-5(2)6-3-7-8(4-6)9-7/h5-8H,1,3-4H2,2H3. The van der Waals surface area contributed by atoms with E-state index >= 15 is 0 Å². The van der Waals surface area contributed by atoms with Gasteiger partial charge in [0.1, 0.15) is 0 Å². The van der Waals surface area contributed by atoms with Crippen LogP contribution in [-0.2, 0) is 4.74 Å². The SMILES string of the molecule is [CH2]C(C)C1CC2OC2C1. The first-order valence-electron chi connectivity index (χ1n) is 3.76. The van der Waals surface area contributed by atoms with Crippen molar-refractivity contribution in [3.63, 3.8) is 0 Å². The van der Waals surface area contributed by atoms with Gasteiger partial charge in [-0.05, 0) is 24.7 Å². The van der Waals surface area contributed by atoms with Crippen molar-refractivity contribution in [2.24, 2.45) is 11.8 Å². The Kier molecular flexibility index (Phi) is 1.10. The van der Waals surface area contributed by atoms with E-state index in [1.165, 1.54) is 12.8 Å². The highest BCUT2D eigenvalue weighted by Gasteiger charge is 2.48. The highest BCUT2D eigenvalue weighted by Crippen LogP contribution is 2.44. The zero-order valence-electron chi connectivity index (χ0n) is 5.84. The van der Waals surface area contributed by atoms with Gasteiger partial charge in [-0.2, -0.15) is 0 Å². The molecule has 2 rings (SSSR count). The van der Waals surface area contributed by atoms with Crippen molar-refractivity contribution >= 4 is 0 Å². The zero-order chi connectivity index (χ0) is 6.43. The average molecular weight is 125 g/mol. The maximum atomic E-state index is 5.31. The fourth-order valence-electron chi connectivity index (χ4n) is 1.75. The van der Waals surface area contributed by atoms with Crippen LogP contribution in [-0.4, -0.2) is 12.2 Å². The topological polar surface area (TPSA) is 12.5 Å². The van der Waals surface area contributed by atoms with Crippen LogP contribution in [0.1, 0.15) is 19.8 Å². The first-order chi connectivity index (χ1) is 4.27. The Hall–Kier alpha value is -0.0400. The van der Waals surface area contributed by atoms with Crippen LogP contribution in [0.3, 0.4) is 0 Å². The molecule has 3 unspecified atom stereocenters. The summed E-state index contributed by atoms with van der Waals surface area (Å²) < 4.78 is 5.31. The zero-order valence-corrected chi connectivity index (χ0v) is 5.84. The fourth-order valence-corrected chi connectivity index (χ4v) is 1.75. The molecule has 0 aromatic rings. The quantitative estimate of drug-likeness (QED) is 0.485. The number of hydrogen-bond donors (Lipinski definition) is 0. The van der Waals surface area contributed by atoms with E-state index in [9.17, 15) is 0 Å². The minimum atomic E-state index is 0.626. The van der Waals surface area contributed by atoms with Crippen molar-refractivity contribution in [3.8, 4) is 0 Å². The molecule has 1 aliphatic heterocycles. The maximum absolute atomic E-state index is 5.31. The molecule has 0 aromatic carbocycles. The molecule has 2 fully saturated rings. The molecule has 1 saturated heterocycles. The van der Waals surface area contributed by atoms with Crippen LogP contribution < -0.4 is 0 Å². The lowest BCUT2D eigenvalue weighted by Gasteiger charge is -2.14. The number of rotatable bonds is 1. The van der Waals surface area contributed by atoms with Gasteiger partial charge in [0.15, 0.2) is 0 Å². The van der Waals surface area contributed by atoms with Gasteiger partial charge in [-0.1, -0.05) is 13.8 Å². The highest BCUT2D eigenvalue weighted by molar-refractivity contribution is 4.97. The van der Waals surface area contributed by atoms with Gasteiger partial charge in [0.25, 0.3) is 0 Å². The van der Waals surface area contributed by atoms with E-state index in [1.54, 1.807) is 0 Å². The molecule has 3 atom stereocenters. The average Bonchev–Trinajstić information content (AvgIpc) is 2.40. The third kappa shape index (κ3) is 0.877. The molecule has 0 amide bonds. The van der Waals surface area contributed by atoms with E-state index in [2.05, 4.69) is 13.8 Å². The molecule has 1 saturated carbocycles. The fraction of sp³-hybridized carbons (Fsp3) is 0.875. The molecule has 0 aromatic heterocycles. The van der Waals surface area contributed by atoms with Crippen LogP contribution in [0, 0.1) is 18.8 Å². The molecule has 1 radical (unpaired) electrons. The largest absolute Gasteiger partial charge is 0.370 e. The van der Waals surface area contributed by atoms with Gasteiger partial charge in [0, 0.05) is 0 Å². The Balaban J connectivity index is 1.90. The van der Waals surface area contributed by atoms with Gasteiger partial charge < -0.3 is 4.74 Å². The van der Waals surface area contributed by atoms with Crippen molar-refractivity contribution in [1.82, 2.24) is 0 Å². The van der Waals surface area contributed by atoms with Gasteiger partial charge in [-0.15, -0.1) is 0 Å². The van der Waals surface area contributed by atoms with Crippen LogP contribution in [0.4, 0.5) is 0 Å². The van der Waals surface area contributed by atoms with Gasteiger partial charge >= 0.3 is 0 Å². The smallest absolute Gasteiger partial charge is 0.0844 e. The van der Waals surface area contributed by atoms with Crippen molar-refractivity contribution < 1.29 is 4.74 Å². The Morgan fingerprint density at radius 2 is 2.00 bits per heavy atom. The van der Waals surface area contributed by atoms with Crippen LogP contribution in [0.25, 0.3) is 0 Å². The predicted molar refractivity (Wildman–Crippen MR) is 35.9 cm³/mol. The number of hydrogen-bond acceptors (Lipinski definition) is 1. The summed E-state index contributed by atoms with van der Waals surface area (Å²) in [5.41, 5.74) is 0. The van der Waals surface area contributed by atoms with Crippen LogP contribution in [0.15, 0.2) is 0 Å². The molecule has 9 heavy (non-hydrogen) atoms. The van der Waals surface area contributed by atoms with Crippen molar-refractivity contribution in [1.29, 1.82) is 0 Å². The lowest BCUT2D eigenvalue weighted by atomic mass is 9.94. The molecular formula is C8H13O. The van der Waals surface area contributed by atoms with Crippen molar-refractivity contribution in [2.45, 2.75) is 32.0 Å². The molecular weight excluding hydrogens is 112 g/mol. The summed E-state index contributed by atoms with van der Waals surface area (Å²) in [7, 11) is 0. The van der Waals surface area contributed by atoms with E-state index in [0.29, 0.717) is 18.1 Å². The second kappa shape index (κ2) is 1.72. The second-order valence-corrected chi connectivity index (χ2v) is 3.42. The molecule has 1 aliphatic carbocycles. The summed E-state index contributed by atoms with van der Waals surface area (Å²) in [6, 6.07) is 0. The summed E-state index contributed by atoms with van der Waals surface area (Å²) in [6.07, 6.45) is 3.82. The number of epoxide rings is 1. The summed E-state index contributed by atoms with van der Waals surface area (Å²) in [5, 5.41) is 0. The Labute approximate surface area is 56.4 Å². The predicted octanol–water partition coefficient (Wildman–Crippen LogP) is 1.63. The van der Waals surface area contributed by atoms with Gasteiger partial charge in [-0.25, -0.2) is 0 Å². The number of ether oxygens (including phenoxy) is 1. The lowest BCUT2D eigenvalue weighted by Crippen LogP contribution is -2.07. The van der Waals surface area contributed by atoms with Crippen LogP contribution >= 0.6 is 0 Å². The molecule has 51 valence electrons. The van der Waals surface area contributed by atoms with Crippen molar-refractivity contribution in [3.05, 3.63) is 6.92 Å². The lowest BCUT2D eigenvalue weighted by molar-refractivity contribution is 0.246. The first kappa shape index (κ1) is 5.72. The Morgan fingerprint density at radius 1 is 1.44 bits per heavy atom. The molecule has 1 heterocycles. The Bertz CT molecular complexity index is 110. The molecule has 1 nitrogen and oxygen atoms in total. The van der Waals surface area contributed by atoms with E-state index in [4.69, 9.17) is 4.74 Å². The van der Waals surface area contributed by atoms with Gasteiger partial charge in [0.05, 0.1) is 12.2 Å². The van der Waals surface area contributed by atoms with E-state index in [1.807, 2.05) is 0 Å². The summed E-state index contributed by atoms with van der Waals surface area (Å²) in [4.78, 5) is 0. The third-order valence-electron chi connectivity index (χ3n) is 2.56. The normalized spacial score (nSPS) is 47.7. The molecule has 1 heteroatoms. The number of fused-ring (bicyclic) bond motifs is 1. The molecule has 0 bridgehead atoms. The summed E-state index contributed by atoms with van der Waals surface area (Å²) >= 11 is 0. The van der Waals surface area contributed by atoms with Crippen molar-refractivity contribution in [2.75, 3.05) is 0 Å². The second-order valence-electron chi connectivity index (χ2n) is 3.42. The highest BCUT2D eigenvalue weighted by atomic mass is 16.6. The minimum Gasteiger partial charge on any atom is -0.370 e. The van der Waals surface area contributed by atoms with Crippen LogP contribution in [0.5, 0.6) is 0 Å². The van der Waals surface area contributed by atoms with E-state index in [-0.39, 0.29) is 0 Å². The van der Waals surface area contributed by atoms with E-state index < -0.39 is 0 Å². The molecule has 0 N–H and O–H groups in total. The summed E-state index contributed by atoms with van der Waals surface area (Å²) in [5.74, 6) is 1.48. The summed E-state index contributed by atoms with van der Waals surface area (Å²) in [6.45, 7) is 6.22.